The molecule has 0 radical (unpaired) electrons. The zero-order chi connectivity index (χ0) is 23.2. The van der Waals surface area contributed by atoms with E-state index >= 15 is 0 Å². The van der Waals surface area contributed by atoms with Crippen LogP contribution in [0, 0.1) is 6.92 Å². The highest BCUT2D eigenvalue weighted by atomic mass is 79.9. The van der Waals surface area contributed by atoms with Gasteiger partial charge in [0.05, 0.1) is 11.0 Å². The Morgan fingerprint density at radius 2 is 1.94 bits per heavy atom. The highest BCUT2D eigenvalue weighted by Gasteiger charge is 2.35. The van der Waals surface area contributed by atoms with Crippen molar-refractivity contribution >= 4 is 56.5 Å². The van der Waals surface area contributed by atoms with E-state index in [1.807, 2.05) is 0 Å². The third kappa shape index (κ3) is 4.59. The molecular weight excluding hydrogens is 536 g/mol. The normalized spacial score (nSPS) is 11.8. The van der Waals surface area contributed by atoms with E-state index in [-0.39, 0.29) is 22.9 Å². The average Bonchev–Trinajstić information content (AvgIpc) is 3.26. The van der Waals surface area contributed by atoms with Crippen LogP contribution in [0.4, 0.5) is 19.0 Å². The van der Waals surface area contributed by atoms with E-state index in [0.29, 0.717) is 25.6 Å². The second kappa shape index (κ2) is 8.38. The highest BCUT2D eigenvalue weighted by molar-refractivity contribution is 9.10. The largest absolute Gasteiger partial charge is 0.433 e. The summed E-state index contributed by atoms with van der Waals surface area (Å²) in [5, 5.41) is 11.6. The third-order valence-electron chi connectivity index (χ3n) is 4.37. The fraction of sp³-hybridized carbons (Fsp3) is 0.158. The number of nitrogens with one attached hydrogen (secondary N) is 1. The maximum absolute atomic E-state index is 13.3. The summed E-state index contributed by atoms with van der Waals surface area (Å²) in [4.78, 5) is 16.7. The second-order valence-electron chi connectivity index (χ2n) is 6.79. The molecule has 166 valence electrons. The fourth-order valence-electron chi connectivity index (χ4n) is 2.97. The highest BCUT2D eigenvalue weighted by Crippen LogP contribution is 2.30. The molecule has 0 aliphatic carbocycles. The molecule has 0 atom stereocenters. The Morgan fingerprint density at radius 1 is 1.19 bits per heavy atom. The molecule has 0 fully saturated rings. The fourth-order valence-corrected chi connectivity index (χ4v) is 3.85. The van der Waals surface area contributed by atoms with Gasteiger partial charge in [0.15, 0.2) is 17.2 Å². The molecule has 0 saturated heterocycles. The van der Waals surface area contributed by atoms with Crippen LogP contribution in [0.2, 0.25) is 10.0 Å². The minimum atomic E-state index is -4.66. The molecular formula is C19H12BrCl2F3N6O. The Bertz CT molecular complexity index is 1350. The van der Waals surface area contributed by atoms with E-state index in [4.69, 9.17) is 23.2 Å². The van der Waals surface area contributed by atoms with Gasteiger partial charge in [0, 0.05) is 28.0 Å². The van der Waals surface area contributed by atoms with Crippen molar-refractivity contribution in [2.24, 2.45) is 0 Å². The molecule has 1 N–H and O–H groups in total. The number of fused-ring (bicyclic) bond motifs is 1. The van der Waals surface area contributed by atoms with Crippen molar-refractivity contribution in [3.05, 3.63) is 73.7 Å². The smallest absolute Gasteiger partial charge is 0.303 e. The Labute approximate surface area is 197 Å². The van der Waals surface area contributed by atoms with Gasteiger partial charge in [-0.05, 0) is 46.6 Å². The summed E-state index contributed by atoms with van der Waals surface area (Å²) in [7, 11) is 0. The Balaban J connectivity index is 1.59. The number of carbonyl (C=O) groups is 1. The van der Waals surface area contributed by atoms with Gasteiger partial charge in [0.2, 0.25) is 0 Å². The number of aryl methyl sites for hydroxylation is 1. The Kier molecular flexibility index (Phi) is 5.91. The van der Waals surface area contributed by atoms with E-state index in [1.54, 1.807) is 24.4 Å². The predicted octanol–water partition coefficient (Wildman–Crippen LogP) is 5.62. The minimum absolute atomic E-state index is 0.0931. The molecule has 0 unspecified atom stereocenters. The first kappa shape index (κ1) is 22.6. The topological polar surface area (TPSA) is 77.1 Å². The number of nitrogens with zero attached hydrogens (tertiary/aromatic N) is 5. The summed E-state index contributed by atoms with van der Waals surface area (Å²) in [6.07, 6.45) is -3.03. The van der Waals surface area contributed by atoms with Crippen LogP contribution in [0.1, 0.15) is 27.4 Å². The van der Waals surface area contributed by atoms with Gasteiger partial charge in [0.25, 0.3) is 5.91 Å². The number of halogens is 6. The summed E-state index contributed by atoms with van der Waals surface area (Å²) in [5.74, 6) is -0.575. The van der Waals surface area contributed by atoms with Crippen molar-refractivity contribution < 1.29 is 18.0 Å². The van der Waals surface area contributed by atoms with Crippen molar-refractivity contribution in [2.75, 3.05) is 5.32 Å². The standard InChI is InChI=1S/C19H12BrCl2F3N6O/c1-9-4-15(19(23,24)25)31-16(26-9)6-14(28-31)18(32)27-17-12(20)8-30(29-17)7-10-2-3-11(21)5-13(10)22/h2-6,8H,7H2,1H3,(H,27,29,32). The van der Waals surface area contributed by atoms with Crippen LogP contribution in [-0.4, -0.2) is 30.3 Å². The van der Waals surface area contributed by atoms with Gasteiger partial charge >= 0.3 is 6.18 Å². The first-order valence-corrected chi connectivity index (χ1v) is 10.5. The van der Waals surface area contributed by atoms with E-state index in [1.165, 1.54) is 17.7 Å². The Morgan fingerprint density at radius 3 is 2.62 bits per heavy atom. The average molecular weight is 548 g/mol. The number of anilines is 1. The van der Waals surface area contributed by atoms with Crippen LogP contribution in [-0.2, 0) is 12.7 Å². The van der Waals surface area contributed by atoms with Crippen LogP contribution in [0.3, 0.4) is 0 Å². The van der Waals surface area contributed by atoms with Crippen LogP contribution in [0.25, 0.3) is 5.65 Å². The molecule has 0 bridgehead atoms. The summed E-state index contributed by atoms with van der Waals surface area (Å²) in [6.45, 7) is 1.73. The molecule has 3 heterocycles. The number of benzene rings is 1. The van der Waals surface area contributed by atoms with E-state index in [0.717, 1.165) is 11.6 Å². The zero-order valence-electron chi connectivity index (χ0n) is 16.1. The molecule has 4 rings (SSSR count). The van der Waals surface area contributed by atoms with E-state index < -0.39 is 17.8 Å². The number of amides is 1. The maximum Gasteiger partial charge on any atom is 0.433 e. The lowest BCUT2D eigenvalue weighted by atomic mass is 10.2. The van der Waals surface area contributed by atoms with Crippen molar-refractivity contribution in [1.82, 2.24) is 24.4 Å². The number of alkyl halides is 3. The lowest BCUT2D eigenvalue weighted by Gasteiger charge is -2.09. The molecule has 0 aliphatic heterocycles. The van der Waals surface area contributed by atoms with Crippen LogP contribution in [0.5, 0.6) is 0 Å². The molecule has 3 aromatic heterocycles. The summed E-state index contributed by atoms with van der Waals surface area (Å²) in [6, 6.07) is 7.09. The van der Waals surface area contributed by atoms with Crippen molar-refractivity contribution in [1.29, 1.82) is 0 Å². The van der Waals surface area contributed by atoms with Gasteiger partial charge in [0.1, 0.15) is 5.69 Å². The second-order valence-corrected chi connectivity index (χ2v) is 8.49. The third-order valence-corrected chi connectivity index (χ3v) is 5.54. The lowest BCUT2D eigenvalue weighted by molar-refractivity contribution is -0.142. The number of hydrogen-bond acceptors (Lipinski definition) is 4. The first-order chi connectivity index (χ1) is 15.0. The quantitative estimate of drug-likeness (QED) is 0.359. The molecule has 0 spiro atoms. The number of rotatable bonds is 4. The molecule has 1 amide bonds. The van der Waals surface area contributed by atoms with Gasteiger partial charge < -0.3 is 5.32 Å². The molecule has 1 aromatic carbocycles. The van der Waals surface area contributed by atoms with Gasteiger partial charge in [-0.2, -0.15) is 23.4 Å². The summed E-state index contributed by atoms with van der Waals surface area (Å²) < 4.78 is 42.5. The van der Waals surface area contributed by atoms with Crippen molar-refractivity contribution in [3.8, 4) is 0 Å². The number of carbonyl (C=O) groups excluding carboxylic acids is 1. The maximum atomic E-state index is 13.3. The molecule has 32 heavy (non-hydrogen) atoms. The van der Waals surface area contributed by atoms with Crippen molar-refractivity contribution in [2.45, 2.75) is 19.6 Å². The summed E-state index contributed by atoms with van der Waals surface area (Å²) >= 11 is 15.4. The lowest BCUT2D eigenvalue weighted by Crippen LogP contribution is -2.16. The molecule has 4 aromatic rings. The number of aromatic nitrogens is 5. The molecule has 0 saturated carbocycles. The molecule has 0 aliphatic rings. The van der Waals surface area contributed by atoms with E-state index in [2.05, 4.69) is 36.4 Å². The number of hydrogen-bond donors (Lipinski definition) is 1. The van der Waals surface area contributed by atoms with Gasteiger partial charge in [-0.15, -0.1) is 0 Å². The Hall–Kier alpha value is -2.63. The van der Waals surface area contributed by atoms with Gasteiger partial charge in [-0.3, -0.25) is 9.48 Å². The van der Waals surface area contributed by atoms with Gasteiger partial charge in [-0.25, -0.2) is 9.50 Å². The van der Waals surface area contributed by atoms with Crippen LogP contribution < -0.4 is 5.32 Å². The van der Waals surface area contributed by atoms with Crippen LogP contribution in [0.15, 0.2) is 41.0 Å². The molecule has 13 heteroatoms. The van der Waals surface area contributed by atoms with Crippen molar-refractivity contribution in [3.63, 3.8) is 0 Å². The van der Waals surface area contributed by atoms with E-state index in [9.17, 15) is 18.0 Å². The first-order valence-electron chi connectivity index (χ1n) is 8.94. The monoisotopic (exact) mass is 546 g/mol. The SMILES string of the molecule is Cc1cc(C(F)(F)F)n2nc(C(=O)Nc3nn(Cc4ccc(Cl)cc4Cl)cc3Br)cc2n1. The minimum Gasteiger partial charge on any atom is -0.303 e. The summed E-state index contributed by atoms with van der Waals surface area (Å²) in [5.41, 5.74) is -0.450. The zero-order valence-corrected chi connectivity index (χ0v) is 19.2. The van der Waals surface area contributed by atoms with Gasteiger partial charge in [-0.1, -0.05) is 29.3 Å². The predicted molar refractivity (Wildman–Crippen MR) is 116 cm³/mol. The van der Waals surface area contributed by atoms with Crippen LogP contribution >= 0.6 is 39.1 Å². The molecule has 7 nitrogen and oxygen atoms in total.